The van der Waals surface area contributed by atoms with Gasteiger partial charge >= 0.3 is 89.7 Å². The minimum atomic E-state index is -6.97. The summed E-state index contributed by atoms with van der Waals surface area (Å²) in [5, 5.41) is 0. The van der Waals surface area contributed by atoms with Crippen LogP contribution < -0.4 is 0 Å². The fourth-order valence-electron chi connectivity index (χ4n) is 1.06. The topological polar surface area (TPSA) is 102 Å². The molecule has 0 aliphatic rings. The van der Waals surface area contributed by atoms with Crippen molar-refractivity contribution < 1.29 is 41.9 Å². The first-order valence-corrected chi connectivity index (χ1v) is 13.3. The summed E-state index contributed by atoms with van der Waals surface area (Å²) in [7, 11) is 0. The molecule has 0 heterocycles. The molecule has 0 saturated heterocycles. The van der Waals surface area contributed by atoms with Gasteiger partial charge in [0.2, 0.25) is 0 Å². The molecule has 0 rings (SSSR count). The summed E-state index contributed by atoms with van der Waals surface area (Å²) >= 11 is -6.97. The molecule has 0 radical (unpaired) electrons. The van der Waals surface area contributed by atoms with E-state index in [-0.39, 0.29) is 23.8 Å². The second-order valence-electron chi connectivity index (χ2n) is 3.71. The Bertz CT molecular complexity index is 337. The van der Waals surface area contributed by atoms with Crippen molar-refractivity contribution in [1.29, 1.82) is 0 Å². The van der Waals surface area contributed by atoms with Crippen LogP contribution in [0.3, 0.4) is 0 Å². The van der Waals surface area contributed by atoms with Crippen molar-refractivity contribution in [1.82, 2.24) is 0 Å². The predicted molar refractivity (Wildman–Crippen MR) is 53.6 cm³/mol. The number of carbonyl (C=O) groups is 6. The molecule has 0 unspecified atom stereocenters. The van der Waals surface area contributed by atoms with Crippen LogP contribution in [0.2, 0.25) is 0 Å². The van der Waals surface area contributed by atoms with Crippen molar-refractivity contribution >= 4 is 28.1 Å². The standard InChI is InChI=1S/C4H7O.5CHO.Re/c1-4(2)3-5;5*1-2;/h4H,1-2H3;5*1H;. The first-order valence-electron chi connectivity index (χ1n) is 4.11. The van der Waals surface area contributed by atoms with E-state index >= 15 is 0 Å². The summed E-state index contributed by atoms with van der Waals surface area (Å²) in [6.45, 7) is 2.61. The molecule has 0 spiro atoms. The molecule has 0 atom stereocenters. The Balaban J connectivity index is 6.75. The van der Waals surface area contributed by atoms with E-state index in [0.717, 1.165) is 0 Å². The van der Waals surface area contributed by atoms with Gasteiger partial charge in [-0.2, -0.15) is 0 Å². The Kier molecular flexibility index (Phi) is 3.31. The zero-order valence-corrected chi connectivity index (χ0v) is 11.5. The Hall–Kier alpha value is -1.32. The quantitative estimate of drug-likeness (QED) is 0.524. The first kappa shape index (κ1) is 14.7. The Morgan fingerprint density at radius 1 is 0.812 bits per heavy atom. The van der Waals surface area contributed by atoms with Gasteiger partial charge in [-0.1, -0.05) is 0 Å². The van der Waals surface area contributed by atoms with E-state index < -0.39 is 23.3 Å². The van der Waals surface area contributed by atoms with E-state index in [9.17, 15) is 28.8 Å². The van der Waals surface area contributed by atoms with Crippen LogP contribution in [0, 0.1) is 5.92 Å². The summed E-state index contributed by atoms with van der Waals surface area (Å²) < 4.78 is -2.71. The van der Waals surface area contributed by atoms with Crippen LogP contribution in [-0.2, 0) is 41.9 Å². The van der Waals surface area contributed by atoms with Gasteiger partial charge in [0.15, 0.2) is 0 Å². The van der Waals surface area contributed by atoms with Gasteiger partial charge < -0.3 is 0 Å². The van der Waals surface area contributed by atoms with Crippen LogP contribution in [-0.4, -0.2) is 28.1 Å². The van der Waals surface area contributed by atoms with E-state index in [1.54, 1.807) is 0 Å². The van der Waals surface area contributed by atoms with Gasteiger partial charge in [-0.15, -0.1) is 0 Å². The molecule has 0 aliphatic heterocycles. The first-order chi connectivity index (χ1) is 7.28. The number of rotatable bonds is 7. The van der Waals surface area contributed by atoms with Crippen LogP contribution in [0.25, 0.3) is 0 Å². The zero-order valence-electron chi connectivity index (χ0n) is 8.79. The molecule has 0 aromatic rings. The van der Waals surface area contributed by atoms with Crippen molar-refractivity contribution in [3.8, 4) is 0 Å². The summed E-state index contributed by atoms with van der Waals surface area (Å²) in [5.41, 5.74) is 0. The molecule has 91 valence electrons. The Morgan fingerprint density at radius 3 is 1.12 bits per heavy atom. The average molecular weight is 402 g/mol. The molecular weight excluding hydrogens is 390 g/mol. The molecule has 0 aliphatic carbocycles. The van der Waals surface area contributed by atoms with Crippen molar-refractivity contribution in [2.24, 2.45) is 5.92 Å². The third kappa shape index (κ3) is 1.22. The molecule has 6 nitrogen and oxygen atoms in total. The number of hydrogen-bond donors (Lipinski definition) is 0. The summed E-state index contributed by atoms with van der Waals surface area (Å²) in [6.07, 6.45) is 0. The van der Waals surface area contributed by atoms with E-state index in [0.29, 0.717) is 0 Å². The number of carbonyl (C=O) groups excluding carboxylic acids is 6. The second-order valence-corrected chi connectivity index (χ2v) is 21.2. The minimum absolute atomic E-state index is 0.308. The molecule has 0 amide bonds. The molecule has 16 heavy (non-hydrogen) atoms. The monoisotopic (exact) mass is 403 g/mol. The maximum atomic E-state index is 11.9. The summed E-state index contributed by atoms with van der Waals surface area (Å²) in [4.78, 5) is 67.3. The summed E-state index contributed by atoms with van der Waals surface area (Å²) in [6, 6.07) is 0. The summed E-state index contributed by atoms with van der Waals surface area (Å²) in [5.74, 6) is -0.939. The van der Waals surface area contributed by atoms with Gasteiger partial charge in [0.05, 0.1) is 0 Å². The van der Waals surface area contributed by atoms with Gasteiger partial charge in [0, 0.05) is 0 Å². The second kappa shape index (κ2) is 3.61. The van der Waals surface area contributed by atoms with E-state index in [1.165, 1.54) is 13.8 Å². The third-order valence-corrected chi connectivity index (χ3v) is 16.7. The van der Waals surface area contributed by atoms with Gasteiger partial charge in [-0.3, -0.25) is 0 Å². The van der Waals surface area contributed by atoms with Gasteiger partial charge in [-0.05, 0) is 0 Å². The fraction of sp³-hybridized carbons (Fsp3) is 0.333. The average Bonchev–Trinajstić information content (AvgIpc) is 2.35. The van der Waals surface area contributed by atoms with Crippen molar-refractivity contribution in [2.45, 2.75) is 13.8 Å². The fourth-order valence-corrected chi connectivity index (χ4v) is 8.67. The van der Waals surface area contributed by atoms with Crippen LogP contribution in [0.4, 0.5) is 0 Å². The number of hydrogen-bond acceptors (Lipinski definition) is 6. The Labute approximate surface area is 89.9 Å². The van der Waals surface area contributed by atoms with Gasteiger partial charge in [0.25, 0.3) is 0 Å². The van der Waals surface area contributed by atoms with Crippen molar-refractivity contribution in [2.75, 3.05) is 0 Å². The van der Waals surface area contributed by atoms with Crippen molar-refractivity contribution in [3.63, 3.8) is 0 Å². The molecule has 0 N–H and O–H groups in total. The van der Waals surface area contributed by atoms with Crippen LogP contribution in [0.15, 0.2) is 0 Å². The predicted octanol–water partition coefficient (Wildman–Crippen LogP) is -0.655. The van der Waals surface area contributed by atoms with E-state index in [4.69, 9.17) is 0 Å². The van der Waals surface area contributed by atoms with Crippen LogP contribution in [0.5, 0.6) is 0 Å². The maximum absolute atomic E-state index is 11.9. The third-order valence-electron chi connectivity index (χ3n) is 2.24. The molecule has 0 aromatic heterocycles. The van der Waals surface area contributed by atoms with Gasteiger partial charge in [0.1, 0.15) is 0 Å². The van der Waals surface area contributed by atoms with E-state index in [2.05, 4.69) is 0 Å². The molecular formula is C9H12O6Re. The molecule has 7 heteroatoms. The molecule has 0 bridgehead atoms. The Morgan fingerprint density at radius 2 is 1.06 bits per heavy atom. The van der Waals surface area contributed by atoms with E-state index in [1.807, 2.05) is 0 Å². The zero-order chi connectivity index (χ0) is 13.1. The van der Waals surface area contributed by atoms with Crippen LogP contribution in [0.1, 0.15) is 13.8 Å². The van der Waals surface area contributed by atoms with Gasteiger partial charge in [-0.25, -0.2) is 0 Å². The normalized spacial score (nSPS) is 15.4. The molecule has 0 saturated carbocycles. The molecule has 0 fully saturated rings. The molecule has 0 aromatic carbocycles. The van der Waals surface area contributed by atoms with Crippen molar-refractivity contribution in [3.05, 3.63) is 0 Å². The van der Waals surface area contributed by atoms with Crippen LogP contribution >= 0.6 is 0 Å². The SMILES string of the molecule is CC(C)[C](=O)[Re]([CH]=O)([CH]=O)([CH]=O)([CH]=O)[CH]=O.